The second kappa shape index (κ2) is 9.56. The Hall–Kier alpha value is -2.49. The van der Waals surface area contributed by atoms with Crippen molar-refractivity contribution in [3.63, 3.8) is 0 Å². The number of halogens is 2. The molecule has 0 fully saturated rings. The van der Waals surface area contributed by atoms with Crippen LogP contribution in [0.3, 0.4) is 0 Å². The maximum atomic E-state index is 12.6. The third kappa shape index (κ3) is 5.28. The molecule has 1 aromatic carbocycles. The number of aromatic nitrogens is 1. The number of sulfone groups is 1. The van der Waals surface area contributed by atoms with Crippen LogP contribution in [0.25, 0.3) is 11.3 Å². The Bertz CT molecular complexity index is 1230. The summed E-state index contributed by atoms with van der Waals surface area (Å²) in [7, 11) is -3.47. The number of nitrogens with two attached hydrogens (primary N) is 1. The normalized spacial score (nSPS) is 18.5. The molecule has 10 heteroatoms. The molecule has 3 rings (SSSR count). The Balaban J connectivity index is 2.27. The summed E-state index contributed by atoms with van der Waals surface area (Å²) < 4.78 is 24.5. The Morgan fingerprint density at radius 3 is 2.59 bits per heavy atom. The molecule has 0 bridgehead atoms. The maximum Gasteiger partial charge on any atom is 0.244 e. The van der Waals surface area contributed by atoms with E-state index in [2.05, 4.69) is 26.2 Å². The van der Waals surface area contributed by atoms with E-state index in [9.17, 15) is 18.0 Å². The van der Waals surface area contributed by atoms with Crippen LogP contribution in [0, 0.1) is 0 Å². The van der Waals surface area contributed by atoms with Gasteiger partial charge in [0.25, 0.3) is 0 Å². The van der Waals surface area contributed by atoms with E-state index in [0.29, 0.717) is 27.4 Å². The molecule has 7 nitrogen and oxygen atoms in total. The summed E-state index contributed by atoms with van der Waals surface area (Å²) in [5, 5.41) is 3.34. The SMILES string of the molecule is CS(=O)(=O)CC1=CC=C(C(N)=O)CC1(NC(=O)CBr)c1ccc(Cl)c(-c2ccccn2)c1. The van der Waals surface area contributed by atoms with Crippen LogP contribution in [0.2, 0.25) is 5.02 Å². The first-order chi connectivity index (χ1) is 15.1. The standard InChI is InChI=1S/C22H21BrClN3O4S/c1-32(30,31)13-16-6-5-14(21(25)29)11-22(16,27-20(28)12-23)15-7-8-18(24)17(10-15)19-4-2-3-9-26-19/h2-10H,11-13H2,1H3,(H2,25,29)(H,27,28). The van der Waals surface area contributed by atoms with E-state index in [-0.39, 0.29) is 29.0 Å². The van der Waals surface area contributed by atoms with Gasteiger partial charge in [0.2, 0.25) is 11.8 Å². The average molecular weight is 539 g/mol. The summed E-state index contributed by atoms with van der Waals surface area (Å²) in [4.78, 5) is 28.9. The van der Waals surface area contributed by atoms with Crippen LogP contribution in [0.15, 0.2) is 65.9 Å². The summed E-state index contributed by atoms with van der Waals surface area (Å²) in [6, 6.07) is 10.5. The van der Waals surface area contributed by atoms with Crippen LogP contribution in [-0.2, 0) is 25.0 Å². The molecule has 1 heterocycles. The van der Waals surface area contributed by atoms with Crippen LogP contribution in [-0.4, -0.2) is 42.6 Å². The summed E-state index contributed by atoms with van der Waals surface area (Å²) in [6.45, 7) is 0. The molecule has 0 saturated heterocycles. The minimum atomic E-state index is -3.47. The predicted molar refractivity (Wildman–Crippen MR) is 128 cm³/mol. The van der Waals surface area contributed by atoms with Gasteiger partial charge in [0.1, 0.15) is 0 Å². The molecule has 1 aliphatic carbocycles. The topological polar surface area (TPSA) is 119 Å². The number of alkyl halides is 1. The van der Waals surface area contributed by atoms with Crippen molar-refractivity contribution in [2.24, 2.45) is 5.73 Å². The van der Waals surface area contributed by atoms with Gasteiger partial charge in [-0.25, -0.2) is 8.42 Å². The first-order valence-corrected chi connectivity index (χ1v) is 13.1. The van der Waals surface area contributed by atoms with E-state index < -0.39 is 21.3 Å². The van der Waals surface area contributed by atoms with Crippen LogP contribution in [0.1, 0.15) is 12.0 Å². The summed E-state index contributed by atoms with van der Waals surface area (Å²) in [5.41, 5.74) is 6.65. The highest BCUT2D eigenvalue weighted by Gasteiger charge is 2.42. The number of nitrogens with one attached hydrogen (secondary N) is 1. The molecule has 3 N–H and O–H groups in total. The van der Waals surface area contributed by atoms with E-state index in [1.54, 1.807) is 36.5 Å². The largest absolute Gasteiger partial charge is 0.366 e. The minimum Gasteiger partial charge on any atom is -0.366 e. The number of benzene rings is 1. The van der Waals surface area contributed by atoms with E-state index in [0.717, 1.165) is 6.26 Å². The lowest BCUT2D eigenvalue weighted by Gasteiger charge is -2.40. The zero-order valence-corrected chi connectivity index (χ0v) is 20.3. The van der Waals surface area contributed by atoms with Crippen LogP contribution in [0.4, 0.5) is 0 Å². The number of amides is 2. The molecule has 1 atom stereocenters. The molecule has 2 amide bonds. The first kappa shape index (κ1) is 24.2. The van der Waals surface area contributed by atoms with Gasteiger partial charge in [0, 0.05) is 35.0 Å². The van der Waals surface area contributed by atoms with Crippen molar-refractivity contribution in [2.45, 2.75) is 12.0 Å². The van der Waals surface area contributed by atoms with Gasteiger partial charge in [0.05, 0.1) is 22.3 Å². The van der Waals surface area contributed by atoms with Crippen molar-refractivity contribution in [1.29, 1.82) is 0 Å². The zero-order chi connectivity index (χ0) is 23.5. The number of allylic oxidation sites excluding steroid dienone is 2. The van der Waals surface area contributed by atoms with E-state index in [4.69, 9.17) is 17.3 Å². The van der Waals surface area contributed by atoms with Crippen molar-refractivity contribution in [1.82, 2.24) is 10.3 Å². The van der Waals surface area contributed by atoms with Crippen LogP contribution >= 0.6 is 27.5 Å². The smallest absolute Gasteiger partial charge is 0.244 e. The second-order valence-electron chi connectivity index (χ2n) is 7.49. The van der Waals surface area contributed by atoms with Gasteiger partial charge in [-0.15, -0.1) is 0 Å². The fourth-order valence-corrected chi connectivity index (χ4v) is 4.95. The van der Waals surface area contributed by atoms with Crippen molar-refractivity contribution in [2.75, 3.05) is 17.3 Å². The van der Waals surface area contributed by atoms with Gasteiger partial charge >= 0.3 is 0 Å². The third-order valence-electron chi connectivity index (χ3n) is 5.10. The Morgan fingerprint density at radius 1 is 1.25 bits per heavy atom. The number of hydrogen-bond donors (Lipinski definition) is 2. The van der Waals surface area contributed by atoms with Crippen LogP contribution in [0.5, 0.6) is 0 Å². The first-order valence-electron chi connectivity index (χ1n) is 9.52. The van der Waals surface area contributed by atoms with E-state index in [1.165, 1.54) is 12.2 Å². The van der Waals surface area contributed by atoms with Gasteiger partial charge in [0.15, 0.2) is 9.84 Å². The Kier molecular flexibility index (Phi) is 7.22. The van der Waals surface area contributed by atoms with Crippen molar-refractivity contribution >= 4 is 49.2 Å². The number of primary amides is 1. The highest BCUT2D eigenvalue weighted by atomic mass is 79.9. The van der Waals surface area contributed by atoms with Crippen molar-refractivity contribution in [3.8, 4) is 11.3 Å². The van der Waals surface area contributed by atoms with Gasteiger partial charge in [-0.2, -0.15) is 0 Å². The molecule has 32 heavy (non-hydrogen) atoms. The van der Waals surface area contributed by atoms with Gasteiger partial charge in [-0.3, -0.25) is 14.6 Å². The molecule has 1 aromatic heterocycles. The highest BCUT2D eigenvalue weighted by molar-refractivity contribution is 9.09. The molecule has 0 aliphatic heterocycles. The number of pyridine rings is 1. The van der Waals surface area contributed by atoms with Gasteiger partial charge in [-0.1, -0.05) is 51.8 Å². The number of rotatable bonds is 7. The molecule has 168 valence electrons. The van der Waals surface area contributed by atoms with Gasteiger partial charge < -0.3 is 11.1 Å². The fraction of sp³-hybridized carbons (Fsp3) is 0.227. The Morgan fingerprint density at radius 2 is 2.00 bits per heavy atom. The third-order valence-corrected chi connectivity index (χ3v) is 6.77. The maximum absolute atomic E-state index is 12.6. The molecule has 1 unspecified atom stereocenters. The minimum absolute atomic E-state index is 0.00822. The van der Waals surface area contributed by atoms with Crippen molar-refractivity contribution < 1.29 is 18.0 Å². The average Bonchev–Trinajstić information content (AvgIpc) is 2.74. The van der Waals surface area contributed by atoms with Crippen molar-refractivity contribution in [3.05, 3.63) is 76.5 Å². The predicted octanol–water partition coefficient (Wildman–Crippen LogP) is 2.89. The lowest BCUT2D eigenvalue weighted by atomic mass is 9.74. The second-order valence-corrected chi connectivity index (χ2v) is 10.6. The summed E-state index contributed by atoms with van der Waals surface area (Å²) in [5.74, 6) is -1.36. The molecular weight excluding hydrogens is 518 g/mol. The van der Waals surface area contributed by atoms with Gasteiger partial charge in [-0.05, 0) is 35.4 Å². The monoisotopic (exact) mass is 537 g/mol. The molecule has 0 saturated carbocycles. The number of nitrogens with zero attached hydrogens (tertiary/aromatic N) is 1. The molecule has 0 spiro atoms. The molecule has 0 radical (unpaired) electrons. The van der Waals surface area contributed by atoms with E-state index in [1.807, 2.05) is 6.07 Å². The lowest BCUT2D eigenvalue weighted by molar-refractivity contribution is -0.120. The Labute approximate surface area is 199 Å². The quantitative estimate of drug-likeness (QED) is 0.526. The number of hydrogen-bond acceptors (Lipinski definition) is 5. The number of carbonyl (C=O) groups is 2. The summed E-state index contributed by atoms with van der Waals surface area (Å²) in [6.07, 6.45) is 5.76. The molecule has 2 aromatic rings. The fourth-order valence-electron chi connectivity index (χ4n) is 3.69. The molecule has 1 aliphatic rings. The van der Waals surface area contributed by atoms with Crippen LogP contribution < -0.4 is 11.1 Å². The summed E-state index contributed by atoms with van der Waals surface area (Å²) >= 11 is 9.58. The molecular formula is C22H21BrClN3O4S. The lowest BCUT2D eigenvalue weighted by Crippen LogP contribution is -2.51. The van der Waals surface area contributed by atoms with E-state index >= 15 is 0 Å². The zero-order valence-electron chi connectivity index (χ0n) is 17.1. The number of carbonyl (C=O) groups excluding carboxylic acids is 2. The highest BCUT2D eigenvalue weighted by Crippen LogP contribution is 2.42.